The Hall–Kier alpha value is -1.23. The zero-order chi connectivity index (χ0) is 16.1. The number of thioether (sulfide) groups is 1. The Morgan fingerprint density at radius 2 is 2.30 bits per heavy atom. The molecule has 0 bridgehead atoms. The van der Waals surface area contributed by atoms with Crippen molar-refractivity contribution in [1.82, 2.24) is 9.88 Å². The van der Waals surface area contributed by atoms with Crippen LogP contribution in [0.15, 0.2) is 42.7 Å². The fourth-order valence-electron chi connectivity index (χ4n) is 2.72. The molecule has 1 atom stereocenters. The van der Waals surface area contributed by atoms with Gasteiger partial charge < -0.3 is 4.74 Å². The molecular weight excluding hydrogens is 328 g/mol. The Morgan fingerprint density at radius 1 is 1.39 bits per heavy atom. The van der Waals surface area contributed by atoms with Crippen molar-refractivity contribution in [1.29, 1.82) is 0 Å². The molecule has 23 heavy (non-hydrogen) atoms. The van der Waals surface area contributed by atoms with Crippen LogP contribution in [0.2, 0.25) is 5.02 Å². The summed E-state index contributed by atoms with van der Waals surface area (Å²) in [5.41, 5.74) is 2.20. The number of hydrogen-bond acceptors (Lipinski definition) is 4. The van der Waals surface area contributed by atoms with Gasteiger partial charge in [0.05, 0.1) is 0 Å². The zero-order valence-corrected chi connectivity index (χ0v) is 14.8. The molecule has 5 heteroatoms. The fourth-order valence-corrected chi connectivity index (χ4v) is 4.22. The average molecular weight is 349 g/mol. The Balaban J connectivity index is 1.69. The van der Waals surface area contributed by atoms with Crippen molar-refractivity contribution in [3.05, 3.63) is 58.9 Å². The van der Waals surface area contributed by atoms with Gasteiger partial charge in [-0.15, -0.1) is 0 Å². The van der Waals surface area contributed by atoms with Gasteiger partial charge in [0.1, 0.15) is 12.4 Å². The van der Waals surface area contributed by atoms with E-state index in [2.05, 4.69) is 16.9 Å². The lowest BCUT2D eigenvalue weighted by atomic mass is 10.1. The summed E-state index contributed by atoms with van der Waals surface area (Å²) in [6.07, 6.45) is 4.86. The Morgan fingerprint density at radius 3 is 3.04 bits per heavy atom. The predicted molar refractivity (Wildman–Crippen MR) is 97.2 cm³/mol. The molecule has 1 unspecified atom stereocenters. The fraction of sp³-hybridized carbons (Fsp3) is 0.389. The van der Waals surface area contributed by atoms with Crippen LogP contribution in [0.4, 0.5) is 0 Å². The third-order valence-corrected chi connectivity index (χ3v) is 5.47. The second-order valence-corrected chi connectivity index (χ2v) is 7.42. The molecule has 2 heterocycles. The van der Waals surface area contributed by atoms with Crippen molar-refractivity contribution < 1.29 is 4.74 Å². The molecule has 1 fully saturated rings. The van der Waals surface area contributed by atoms with Gasteiger partial charge in [0.2, 0.25) is 0 Å². The molecule has 1 aromatic carbocycles. The molecule has 0 saturated carbocycles. The second-order valence-electron chi connectivity index (χ2n) is 5.83. The number of ether oxygens (including phenoxy) is 1. The van der Waals surface area contributed by atoms with Gasteiger partial charge in [0.15, 0.2) is 0 Å². The smallest absolute Gasteiger partial charge is 0.124 e. The molecular formula is C18H21ClN2OS. The third kappa shape index (κ3) is 4.63. The summed E-state index contributed by atoms with van der Waals surface area (Å²) in [6.45, 7) is 1.37. The van der Waals surface area contributed by atoms with E-state index >= 15 is 0 Å². The van der Waals surface area contributed by atoms with Gasteiger partial charge in [-0.05, 0) is 43.5 Å². The van der Waals surface area contributed by atoms with Crippen LogP contribution in [-0.2, 0) is 13.2 Å². The van der Waals surface area contributed by atoms with Gasteiger partial charge in [0, 0.05) is 46.9 Å². The van der Waals surface area contributed by atoms with Crippen LogP contribution in [-0.4, -0.2) is 34.5 Å². The highest BCUT2D eigenvalue weighted by Gasteiger charge is 2.21. The highest BCUT2D eigenvalue weighted by Crippen LogP contribution is 2.28. The van der Waals surface area contributed by atoms with E-state index in [9.17, 15) is 0 Å². The molecule has 0 N–H and O–H groups in total. The van der Waals surface area contributed by atoms with Crippen LogP contribution in [0, 0.1) is 0 Å². The van der Waals surface area contributed by atoms with Gasteiger partial charge in [-0.25, -0.2) is 0 Å². The van der Waals surface area contributed by atoms with Crippen LogP contribution < -0.4 is 4.74 Å². The van der Waals surface area contributed by atoms with E-state index in [0.717, 1.165) is 28.4 Å². The quantitative estimate of drug-likeness (QED) is 0.779. The maximum absolute atomic E-state index is 6.19. The average Bonchev–Trinajstić information content (AvgIpc) is 3.10. The maximum atomic E-state index is 6.19. The Labute approximate surface area is 147 Å². The lowest BCUT2D eigenvalue weighted by molar-refractivity contribution is 0.244. The van der Waals surface area contributed by atoms with Gasteiger partial charge in [0.25, 0.3) is 0 Å². The van der Waals surface area contributed by atoms with Crippen molar-refractivity contribution >= 4 is 23.4 Å². The van der Waals surface area contributed by atoms with Crippen molar-refractivity contribution in [3.63, 3.8) is 0 Å². The molecule has 1 aliphatic heterocycles. The molecule has 1 saturated heterocycles. The molecule has 3 nitrogen and oxygen atoms in total. The summed E-state index contributed by atoms with van der Waals surface area (Å²) in [7, 11) is 2.18. The molecule has 122 valence electrons. The van der Waals surface area contributed by atoms with Crippen LogP contribution in [0.1, 0.15) is 17.5 Å². The summed E-state index contributed by atoms with van der Waals surface area (Å²) in [5.74, 6) is 3.37. The lowest BCUT2D eigenvalue weighted by Gasteiger charge is -2.24. The van der Waals surface area contributed by atoms with Crippen LogP contribution in [0.3, 0.4) is 0 Å². The molecule has 2 aromatic rings. The van der Waals surface area contributed by atoms with E-state index in [1.54, 1.807) is 6.20 Å². The van der Waals surface area contributed by atoms with E-state index < -0.39 is 0 Å². The van der Waals surface area contributed by atoms with E-state index in [4.69, 9.17) is 16.3 Å². The van der Waals surface area contributed by atoms with E-state index in [-0.39, 0.29) is 0 Å². The molecule has 0 spiro atoms. The van der Waals surface area contributed by atoms with Crippen LogP contribution in [0.25, 0.3) is 0 Å². The number of benzene rings is 1. The molecule has 3 rings (SSSR count). The topological polar surface area (TPSA) is 25.4 Å². The lowest BCUT2D eigenvalue weighted by Crippen LogP contribution is -2.31. The molecule has 0 aliphatic carbocycles. The highest BCUT2D eigenvalue weighted by molar-refractivity contribution is 7.99. The summed E-state index contributed by atoms with van der Waals surface area (Å²) in [5, 5.41) is 0.753. The standard InChI is InChI=1S/C18H21ClN2OS/c1-21(17-6-8-23-13-17)11-15-9-16(19)4-5-18(15)22-12-14-3-2-7-20-10-14/h2-5,7,9-10,17H,6,8,11-13H2,1H3. The van der Waals surface area contributed by atoms with Crippen molar-refractivity contribution in [2.24, 2.45) is 0 Å². The molecule has 1 aliphatic rings. The van der Waals surface area contributed by atoms with Crippen molar-refractivity contribution in [2.45, 2.75) is 25.6 Å². The maximum Gasteiger partial charge on any atom is 0.124 e. The Kier molecular flexibility index (Phi) is 5.81. The second kappa shape index (κ2) is 8.04. The largest absolute Gasteiger partial charge is 0.489 e. The summed E-state index contributed by atoms with van der Waals surface area (Å²) in [6, 6.07) is 10.4. The summed E-state index contributed by atoms with van der Waals surface area (Å²) < 4.78 is 6.01. The molecule has 0 amide bonds. The van der Waals surface area contributed by atoms with Gasteiger partial charge in [-0.2, -0.15) is 11.8 Å². The van der Waals surface area contributed by atoms with Crippen molar-refractivity contribution in [3.8, 4) is 5.75 Å². The first-order valence-corrected chi connectivity index (χ1v) is 9.34. The van der Waals surface area contributed by atoms with Crippen LogP contribution >= 0.6 is 23.4 Å². The first-order valence-electron chi connectivity index (χ1n) is 7.80. The molecule has 1 aromatic heterocycles. The summed E-state index contributed by atoms with van der Waals surface area (Å²) >= 11 is 8.22. The highest BCUT2D eigenvalue weighted by atomic mass is 35.5. The van der Waals surface area contributed by atoms with E-state index in [1.807, 2.05) is 48.3 Å². The third-order valence-electron chi connectivity index (χ3n) is 4.09. The number of hydrogen-bond donors (Lipinski definition) is 0. The van der Waals surface area contributed by atoms with Gasteiger partial charge in [-0.1, -0.05) is 17.7 Å². The number of halogens is 1. The Bertz CT molecular complexity index is 632. The minimum absolute atomic E-state index is 0.519. The number of aromatic nitrogens is 1. The number of pyridine rings is 1. The zero-order valence-electron chi connectivity index (χ0n) is 13.2. The SMILES string of the molecule is CN(Cc1cc(Cl)ccc1OCc1cccnc1)C1CCSC1. The number of nitrogens with zero attached hydrogens (tertiary/aromatic N) is 2. The van der Waals surface area contributed by atoms with E-state index in [0.29, 0.717) is 12.6 Å². The van der Waals surface area contributed by atoms with Gasteiger partial charge >= 0.3 is 0 Å². The summed E-state index contributed by atoms with van der Waals surface area (Å²) in [4.78, 5) is 6.53. The minimum Gasteiger partial charge on any atom is -0.489 e. The number of rotatable bonds is 6. The first-order chi connectivity index (χ1) is 11.2. The van der Waals surface area contributed by atoms with E-state index in [1.165, 1.54) is 17.9 Å². The normalized spacial score (nSPS) is 17.6. The monoisotopic (exact) mass is 348 g/mol. The van der Waals surface area contributed by atoms with Gasteiger partial charge in [-0.3, -0.25) is 9.88 Å². The predicted octanol–water partition coefficient (Wildman–Crippen LogP) is 4.25. The first kappa shape index (κ1) is 16.6. The molecule has 0 radical (unpaired) electrons. The minimum atomic E-state index is 0.519. The van der Waals surface area contributed by atoms with Crippen LogP contribution in [0.5, 0.6) is 5.75 Å². The van der Waals surface area contributed by atoms with Crippen molar-refractivity contribution in [2.75, 3.05) is 18.6 Å².